The second-order valence-electron chi connectivity index (χ2n) is 5.50. The predicted molar refractivity (Wildman–Crippen MR) is 77.2 cm³/mol. The topological polar surface area (TPSA) is 48.5 Å². The molecule has 0 spiro atoms. The van der Waals surface area contributed by atoms with Gasteiger partial charge in [0.1, 0.15) is 6.04 Å². The van der Waals surface area contributed by atoms with E-state index in [-0.39, 0.29) is 11.9 Å². The normalized spacial score (nSPS) is 21.9. The minimum atomic E-state index is -0.126. The summed E-state index contributed by atoms with van der Waals surface area (Å²) in [6.45, 7) is 5.46. The average Bonchev–Trinajstić information content (AvgIpc) is 3.03. The third kappa shape index (κ3) is 2.83. The molecule has 5 heteroatoms. The molecule has 3 heterocycles. The zero-order chi connectivity index (χ0) is 13.8. The zero-order valence-electron chi connectivity index (χ0n) is 11.8. The van der Waals surface area contributed by atoms with Crippen LogP contribution < -0.4 is 5.32 Å². The van der Waals surface area contributed by atoms with Crippen molar-refractivity contribution in [1.82, 2.24) is 20.1 Å². The number of carbonyl (C=O) groups is 1. The number of nitrogens with zero attached hydrogens (tertiary/aromatic N) is 3. The van der Waals surface area contributed by atoms with Gasteiger partial charge in [-0.3, -0.25) is 14.7 Å². The van der Waals surface area contributed by atoms with Crippen LogP contribution in [-0.4, -0.2) is 60.0 Å². The molecule has 0 radical (unpaired) electrons. The first kappa shape index (κ1) is 13.5. The molecule has 0 saturated carbocycles. The summed E-state index contributed by atoms with van der Waals surface area (Å²) in [5.41, 5.74) is 1.07. The number of amides is 1. The third-order valence-corrected chi connectivity index (χ3v) is 4.19. The van der Waals surface area contributed by atoms with Gasteiger partial charge >= 0.3 is 0 Å². The molecule has 3 rings (SSSR count). The fourth-order valence-corrected chi connectivity index (χ4v) is 3.11. The molecule has 1 amide bonds. The number of hydrogen-bond donors (Lipinski definition) is 1. The number of rotatable bonds is 3. The molecule has 1 aromatic heterocycles. The number of aromatic nitrogens is 1. The molecule has 1 atom stereocenters. The van der Waals surface area contributed by atoms with Crippen molar-refractivity contribution in [3.8, 4) is 0 Å². The first-order valence-electron chi connectivity index (χ1n) is 7.50. The number of pyridine rings is 1. The highest BCUT2D eigenvalue weighted by Gasteiger charge is 2.33. The largest absolute Gasteiger partial charge is 0.338 e. The van der Waals surface area contributed by atoms with Crippen LogP contribution >= 0.6 is 0 Å². The minimum Gasteiger partial charge on any atom is -0.338 e. The van der Waals surface area contributed by atoms with E-state index in [1.165, 1.54) is 12.8 Å². The van der Waals surface area contributed by atoms with Crippen LogP contribution in [0.25, 0.3) is 0 Å². The van der Waals surface area contributed by atoms with Crippen molar-refractivity contribution >= 4 is 5.91 Å². The summed E-state index contributed by atoms with van der Waals surface area (Å²) in [5.74, 6) is 0.250. The van der Waals surface area contributed by atoms with Crippen molar-refractivity contribution in [3.63, 3.8) is 0 Å². The molecule has 2 aliphatic rings. The Kier molecular flexibility index (Phi) is 4.28. The lowest BCUT2D eigenvalue weighted by Gasteiger charge is -2.34. The summed E-state index contributed by atoms with van der Waals surface area (Å²) in [7, 11) is 0. The lowest BCUT2D eigenvalue weighted by atomic mass is 10.1. The van der Waals surface area contributed by atoms with Gasteiger partial charge in [-0.25, -0.2) is 0 Å². The zero-order valence-corrected chi connectivity index (χ0v) is 11.8. The van der Waals surface area contributed by atoms with Crippen molar-refractivity contribution < 1.29 is 4.79 Å². The van der Waals surface area contributed by atoms with Gasteiger partial charge in [-0.05, 0) is 43.6 Å². The van der Waals surface area contributed by atoms with Crippen LogP contribution in [0.1, 0.15) is 24.4 Å². The van der Waals surface area contributed by atoms with Crippen molar-refractivity contribution in [2.24, 2.45) is 0 Å². The molecule has 1 unspecified atom stereocenters. The maximum absolute atomic E-state index is 12.9. The van der Waals surface area contributed by atoms with Gasteiger partial charge < -0.3 is 10.2 Å². The fourth-order valence-electron chi connectivity index (χ4n) is 3.11. The maximum atomic E-state index is 12.9. The van der Waals surface area contributed by atoms with Gasteiger partial charge in [0.25, 0.3) is 0 Å². The molecule has 20 heavy (non-hydrogen) atoms. The maximum Gasteiger partial charge on any atom is 0.244 e. The molecule has 0 aliphatic carbocycles. The van der Waals surface area contributed by atoms with Crippen molar-refractivity contribution in [1.29, 1.82) is 0 Å². The van der Waals surface area contributed by atoms with Crippen LogP contribution in [0.15, 0.2) is 24.5 Å². The van der Waals surface area contributed by atoms with E-state index in [1.54, 1.807) is 12.4 Å². The van der Waals surface area contributed by atoms with Gasteiger partial charge in [0.2, 0.25) is 5.91 Å². The van der Waals surface area contributed by atoms with Crippen molar-refractivity contribution in [2.45, 2.75) is 18.9 Å². The van der Waals surface area contributed by atoms with Crippen LogP contribution in [0.2, 0.25) is 0 Å². The molecule has 2 fully saturated rings. The molecular weight excluding hydrogens is 252 g/mol. The Balaban J connectivity index is 1.82. The Morgan fingerprint density at radius 2 is 1.75 bits per heavy atom. The smallest absolute Gasteiger partial charge is 0.244 e. The Morgan fingerprint density at radius 3 is 2.40 bits per heavy atom. The van der Waals surface area contributed by atoms with Crippen LogP contribution in [0.5, 0.6) is 0 Å². The van der Waals surface area contributed by atoms with E-state index < -0.39 is 0 Å². The highest BCUT2D eigenvalue weighted by Crippen LogP contribution is 2.26. The number of hydrogen-bond acceptors (Lipinski definition) is 4. The molecule has 1 N–H and O–H groups in total. The minimum absolute atomic E-state index is 0.126. The van der Waals surface area contributed by atoms with Crippen molar-refractivity contribution in [2.75, 3.05) is 39.3 Å². The first-order chi connectivity index (χ1) is 9.86. The summed E-state index contributed by atoms with van der Waals surface area (Å²) in [5, 5.41) is 3.30. The number of nitrogens with one attached hydrogen (secondary N) is 1. The second kappa shape index (κ2) is 6.33. The quantitative estimate of drug-likeness (QED) is 0.879. The Labute approximate surface area is 120 Å². The summed E-state index contributed by atoms with van der Waals surface area (Å²) < 4.78 is 0. The van der Waals surface area contributed by atoms with E-state index >= 15 is 0 Å². The third-order valence-electron chi connectivity index (χ3n) is 4.19. The Morgan fingerprint density at radius 1 is 1.10 bits per heavy atom. The first-order valence-corrected chi connectivity index (χ1v) is 7.50. The van der Waals surface area contributed by atoms with Crippen LogP contribution in [-0.2, 0) is 4.79 Å². The van der Waals surface area contributed by atoms with Gasteiger partial charge in [-0.2, -0.15) is 0 Å². The molecule has 2 saturated heterocycles. The van der Waals surface area contributed by atoms with Crippen LogP contribution in [0.4, 0.5) is 0 Å². The highest BCUT2D eigenvalue weighted by molar-refractivity contribution is 5.83. The highest BCUT2D eigenvalue weighted by atomic mass is 16.2. The van der Waals surface area contributed by atoms with E-state index in [1.807, 2.05) is 17.0 Å². The van der Waals surface area contributed by atoms with E-state index in [2.05, 4.69) is 15.2 Å². The average molecular weight is 274 g/mol. The standard InChI is InChI=1S/C15H22N4O/c20-15(19-11-7-17-8-12-19)14(18-9-1-2-10-18)13-3-5-16-6-4-13/h3-6,14,17H,1-2,7-12H2. The van der Waals surface area contributed by atoms with Crippen LogP contribution in [0.3, 0.4) is 0 Å². The second-order valence-corrected chi connectivity index (χ2v) is 5.50. The monoisotopic (exact) mass is 274 g/mol. The molecule has 5 nitrogen and oxygen atoms in total. The number of carbonyl (C=O) groups excluding carboxylic acids is 1. The van der Waals surface area contributed by atoms with Gasteiger partial charge in [0.15, 0.2) is 0 Å². The van der Waals surface area contributed by atoms with Gasteiger partial charge in [0.05, 0.1) is 0 Å². The Bertz CT molecular complexity index is 438. The van der Waals surface area contributed by atoms with E-state index in [4.69, 9.17) is 0 Å². The molecule has 0 aromatic carbocycles. The van der Waals surface area contributed by atoms with Gasteiger partial charge in [0, 0.05) is 38.6 Å². The molecular formula is C15H22N4O. The predicted octanol–water partition coefficient (Wildman–Crippen LogP) is 0.650. The van der Waals surface area contributed by atoms with E-state index in [0.717, 1.165) is 44.8 Å². The van der Waals surface area contributed by atoms with E-state index in [9.17, 15) is 4.79 Å². The summed E-state index contributed by atoms with van der Waals surface area (Å²) in [6.07, 6.45) is 5.94. The van der Waals surface area contributed by atoms with E-state index in [0.29, 0.717) is 0 Å². The SMILES string of the molecule is O=C(C(c1ccncc1)N1CCCC1)N1CCNCC1. The molecule has 108 valence electrons. The molecule has 2 aliphatic heterocycles. The molecule has 0 bridgehead atoms. The lowest BCUT2D eigenvalue weighted by molar-refractivity contribution is -0.137. The lowest BCUT2D eigenvalue weighted by Crippen LogP contribution is -2.50. The summed E-state index contributed by atoms with van der Waals surface area (Å²) in [4.78, 5) is 21.3. The van der Waals surface area contributed by atoms with Gasteiger partial charge in [-0.1, -0.05) is 0 Å². The fraction of sp³-hybridized carbons (Fsp3) is 0.600. The van der Waals surface area contributed by atoms with Crippen LogP contribution in [0, 0.1) is 0 Å². The van der Waals surface area contributed by atoms with Gasteiger partial charge in [-0.15, -0.1) is 0 Å². The summed E-state index contributed by atoms with van der Waals surface area (Å²) >= 11 is 0. The number of likely N-dealkylation sites (tertiary alicyclic amines) is 1. The van der Waals surface area contributed by atoms with Crippen molar-refractivity contribution in [3.05, 3.63) is 30.1 Å². The number of piperazine rings is 1. The molecule has 1 aromatic rings. The summed E-state index contributed by atoms with van der Waals surface area (Å²) in [6, 6.07) is 3.82. The Hall–Kier alpha value is -1.46.